The molecule has 2 rings (SSSR count). The summed E-state index contributed by atoms with van der Waals surface area (Å²) in [5.74, 6) is 0.568. The number of rotatable bonds is 3. The molecule has 0 aromatic carbocycles. The van der Waals surface area contributed by atoms with Crippen LogP contribution in [0.2, 0.25) is 0 Å². The van der Waals surface area contributed by atoms with Gasteiger partial charge in [-0.15, -0.1) is 0 Å². The lowest BCUT2D eigenvalue weighted by atomic mass is 10.3. The van der Waals surface area contributed by atoms with Gasteiger partial charge in [-0.1, -0.05) is 6.07 Å². The number of nitrogens with one attached hydrogen (secondary N) is 2. The number of hydrazone groups is 1. The summed E-state index contributed by atoms with van der Waals surface area (Å²) in [7, 11) is 0. The van der Waals surface area contributed by atoms with E-state index in [4.69, 9.17) is 16.6 Å². The number of furan rings is 1. The molecule has 0 radical (unpaired) electrons. The molecular weight excluding hydrogens is 248 g/mol. The van der Waals surface area contributed by atoms with Gasteiger partial charge in [-0.2, -0.15) is 5.10 Å². The van der Waals surface area contributed by atoms with E-state index < -0.39 is 0 Å². The van der Waals surface area contributed by atoms with Crippen molar-refractivity contribution in [2.24, 2.45) is 5.10 Å². The summed E-state index contributed by atoms with van der Waals surface area (Å²) in [6.07, 6.45) is 3.28. The van der Waals surface area contributed by atoms with Crippen LogP contribution in [0, 0.1) is 0 Å². The maximum Gasteiger partial charge on any atom is 0.198 e. The summed E-state index contributed by atoms with van der Waals surface area (Å²) in [5.41, 5.74) is 4.27. The fourth-order valence-electron chi connectivity index (χ4n) is 1.26. The van der Waals surface area contributed by atoms with Crippen LogP contribution in [0.3, 0.4) is 0 Å². The molecular formula is C12H12N4OS. The van der Waals surface area contributed by atoms with Crippen LogP contribution in [0.5, 0.6) is 0 Å². The third-order valence-electron chi connectivity index (χ3n) is 2.12. The van der Waals surface area contributed by atoms with Crippen molar-refractivity contribution in [3.05, 3.63) is 48.5 Å². The van der Waals surface area contributed by atoms with E-state index in [9.17, 15) is 0 Å². The van der Waals surface area contributed by atoms with Gasteiger partial charge in [0.15, 0.2) is 11.0 Å². The fourth-order valence-corrected chi connectivity index (χ4v) is 1.40. The average Bonchev–Trinajstić information content (AvgIpc) is 2.90. The van der Waals surface area contributed by atoms with Gasteiger partial charge in [0.1, 0.15) is 0 Å². The predicted octanol–water partition coefficient (Wildman–Crippen LogP) is 2.39. The number of aromatic nitrogens is 1. The van der Waals surface area contributed by atoms with Crippen LogP contribution in [0.15, 0.2) is 52.3 Å². The number of nitrogens with zero attached hydrogens (tertiary/aromatic N) is 2. The van der Waals surface area contributed by atoms with Gasteiger partial charge >= 0.3 is 0 Å². The summed E-state index contributed by atoms with van der Waals surface area (Å²) in [6.45, 7) is 1.85. The van der Waals surface area contributed by atoms with Gasteiger partial charge in [-0.25, -0.2) is 0 Å². The summed E-state index contributed by atoms with van der Waals surface area (Å²) in [4.78, 5) is 4.18. The number of hydrogen-bond donors (Lipinski definition) is 2. The van der Waals surface area contributed by atoms with E-state index in [0.717, 1.165) is 11.4 Å². The van der Waals surface area contributed by atoms with Gasteiger partial charge in [0.05, 0.1) is 17.7 Å². The van der Waals surface area contributed by atoms with Crippen molar-refractivity contribution in [3.8, 4) is 0 Å². The summed E-state index contributed by atoms with van der Waals surface area (Å²) < 4.78 is 5.10. The lowest BCUT2D eigenvalue weighted by molar-refractivity contribution is 0.586. The lowest BCUT2D eigenvalue weighted by Crippen LogP contribution is -2.24. The van der Waals surface area contributed by atoms with E-state index in [0.29, 0.717) is 11.0 Å². The van der Waals surface area contributed by atoms with E-state index in [2.05, 4.69) is 20.8 Å². The minimum absolute atomic E-state index is 0.361. The second-order valence-corrected chi connectivity index (χ2v) is 3.86. The first-order chi connectivity index (χ1) is 8.75. The van der Waals surface area contributed by atoms with Crippen molar-refractivity contribution in [1.29, 1.82) is 0 Å². The molecule has 6 heteroatoms. The summed E-state index contributed by atoms with van der Waals surface area (Å²) in [5, 5.41) is 7.35. The molecule has 0 atom stereocenters. The minimum atomic E-state index is 0.361. The van der Waals surface area contributed by atoms with Crippen molar-refractivity contribution in [1.82, 2.24) is 10.4 Å². The first kappa shape index (κ1) is 12.3. The topological polar surface area (TPSA) is 62.5 Å². The van der Waals surface area contributed by atoms with Gasteiger partial charge in [0.2, 0.25) is 0 Å². The minimum Gasteiger partial charge on any atom is -0.449 e. The molecule has 2 N–H and O–H groups in total. The number of anilines is 1. The maximum atomic E-state index is 5.10. The van der Waals surface area contributed by atoms with Gasteiger partial charge in [-0.05, 0) is 37.3 Å². The van der Waals surface area contributed by atoms with E-state index in [1.165, 1.54) is 0 Å². The Labute approximate surface area is 110 Å². The molecule has 0 spiro atoms. The standard InChI is InChI=1S/C12H12N4OS/c1-9(10-5-2-3-7-13-10)15-16-12(18)14-11-6-4-8-17-11/h2-8H,1H3,(H2,14,16,18)/b15-9+. The molecule has 0 unspecified atom stereocenters. The molecule has 2 heterocycles. The molecule has 0 amide bonds. The van der Waals surface area contributed by atoms with Gasteiger partial charge < -0.3 is 9.73 Å². The molecule has 92 valence electrons. The van der Waals surface area contributed by atoms with E-state index in [-0.39, 0.29) is 0 Å². The Morgan fingerprint density at radius 1 is 1.33 bits per heavy atom. The molecule has 0 fully saturated rings. The van der Waals surface area contributed by atoms with Crippen molar-refractivity contribution in [3.63, 3.8) is 0 Å². The third kappa shape index (κ3) is 3.39. The van der Waals surface area contributed by atoms with Crippen LogP contribution in [0.1, 0.15) is 12.6 Å². The van der Waals surface area contributed by atoms with Crippen LogP contribution in [0.25, 0.3) is 0 Å². The fraction of sp³-hybridized carbons (Fsp3) is 0.0833. The Morgan fingerprint density at radius 3 is 2.89 bits per heavy atom. The van der Waals surface area contributed by atoms with E-state index >= 15 is 0 Å². The normalized spacial score (nSPS) is 11.1. The zero-order chi connectivity index (χ0) is 12.8. The number of pyridine rings is 1. The quantitative estimate of drug-likeness (QED) is 0.504. The average molecular weight is 260 g/mol. The van der Waals surface area contributed by atoms with E-state index in [1.54, 1.807) is 24.6 Å². The molecule has 0 aliphatic heterocycles. The molecule has 5 nitrogen and oxygen atoms in total. The zero-order valence-corrected chi connectivity index (χ0v) is 10.6. The lowest BCUT2D eigenvalue weighted by Gasteiger charge is -2.05. The van der Waals surface area contributed by atoms with E-state index in [1.807, 2.05) is 25.1 Å². The molecule has 0 saturated carbocycles. The first-order valence-electron chi connectivity index (χ1n) is 5.32. The smallest absolute Gasteiger partial charge is 0.198 e. The molecule has 0 aliphatic rings. The highest BCUT2D eigenvalue weighted by Crippen LogP contribution is 2.05. The Bertz CT molecular complexity index is 536. The second kappa shape index (κ2) is 5.92. The second-order valence-electron chi connectivity index (χ2n) is 3.46. The largest absolute Gasteiger partial charge is 0.449 e. The summed E-state index contributed by atoms with van der Waals surface area (Å²) in [6, 6.07) is 9.17. The number of hydrogen-bond acceptors (Lipinski definition) is 4. The Balaban J connectivity index is 1.92. The van der Waals surface area contributed by atoms with Crippen LogP contribution in [-0.2, 0) is 0 Å². The zero-order valence-electron chi connectivity index (χ0n) is 9.75. The van der Waals surface area contributed by atoms with Gasteiger partial charge in [0, 0.05) is 12.3 Å². The monoisotopic (exact) mass is 260 g/mol. The van der Waals surface area contributed by atoms with Crippen LogP contribution < -0.4 is 10.7 Å². The van der Waals surface area contributed by atoms with Crippen LogP contribution in [0.4, 0.5) is 5.88 Å². The molecule has 0 bridgehead atoms. The first-order valence-corrected chi connectivity index (χ1v) is 5.73. The number of thiocarbonyl (C=S) groups is 1. The van der Waals surface area contributed by atoms with Crippen molar-refractivity contribution < 1.29 is 4.42 Å². The van der Waals surface area contributed by atoms with Gasteiger partial charge in [0.25, 0.3) is 0 Å². The Kier molecular flexibility index (Phi) is 4.03. The molecule has 2 aromatic heterocycles. The Hall–Kier alpha value is -2.21. The molecule has 2 aromatic rings. The van der Waals surface area contributed by atoms with Crippen molar-refractivity contribution in [2.45, 2.75) is 6.92 Å². The highest BCUT2D eigenvalue weighted by Gasteiger charge is 2.00. The van der Waals surface area contributed by atoms with Crippen LogP contribution >= 0.6 is 12.2 Å². The molecule has 0 saturated heterocycles. The van der Waals surface area contributed by atoms with Crippen LogP contribution in [-0.4, -0.2) is 15.8 Å². The summed E-state index contributed by atoms with van der Waals surface area (Å²) >= 11 is 5.06. The third-order valence-corrected chi connectivity index (χ3v) is 2.31. The van der Waals surface area contributed by atoms with Crippen molar-refractivity contribution >= 4 is 28.9 Å². The predicted molar refractivity (Wildman–Crippen MR) is 74.5 cm³/mol. The molecule has 0 aliphatic carbocycles. The SMILES string of the molecule is C/C(=N\NC(=S)Nc1ccco1)c1ccccn1. The molecule has 18 heavy (non-hydrogen) atoms. The Morgan fingerprint density at radius 2 is 2.22 bits per heavy atom. The maximum absolute atomic E-state index is 5.10. The van der Waals surface area contributed by atoms with Gasteiger partial charge in [-0.3, -0.25) is 10.4 Å². The van der Waals surface area contributed by atoms with Crippen molar-refractivity contribution in [2.75, 3.05) is 5.32 Å². The highest BCUT2D eigenvalue weighted by molar-refractivity contribution is 7.80. The highest BCUT2D eigenvalue weighted by atomic mass is 32.1.